The normalized spacial score (nSPS) is 30.4. The van der Waals surface area contributed by atoms with Gasteiger partial charge in [0, 0.05) is 28.9 Å². The summed E-state index contributed by atoms with van der Waals surface area (Å²) in [5, 5.41) is 0.403. The van der Waals surface area contributed by atoms with Gasteiger partial charge in [0.2, 0.25) is 11.8 Å². The molecule has 2 aromatic carbocycles. The number of amides is 3. The molecular weight excluding hydrogens is 442 g/mol. The molecule has 4 atom stereocenters. The van der Waals surface area contributed by atoms with Crippen LogP contribution in [0.4, 0.5) is 11.4 Å². The van der Waals surface area contributed by atoms with Gasteiger partial charge in [0.15, 0.2) is 0 Å². The van der Waals surface area contributed by atoms with Gasteiger partial charge in [-0.1, -0.05) is 29.8 Å². The van der Waals surface area contributed by atoms with Crippen molar-refractivity contribution in [2.75, 3.05) is 30.0 Å². The highest BCUT2D eigenvalue weighted by Gasteiger charge is 2.75. The zero-order valence-corrected chi connectivity index (χ0v) is 19.2. The van der Waals surface area contributed by atoms with Gasteiger partial charge in [-0.05, 0) is 50.6 Å². The van der Waals surface area contributed by atoms with Crippen LogP contribution in [0.3, 0.4) is 0 Å². The van der Waals surface area contributed by atoms with E-state index < -0.39 is 17.4 Å². The Labute approximate surface area is 196 Å². The maximum Gasteiger partial charge on any atom is 0.253 e. The Hall–Kier alpha value is -2.90. The fourth-order valence-electron chi connectivity index (χ4n) is 6.73. The Morgan fingerprint density at radius 3 is 2.64 bits per heavy atom. The Balaban J connectivity index is 1.57. The molecule has 2 aromatic rings. The first-order valence-corrected chi connectivity index (χ1v) is 11.7. The standard InChI is InChI=1S/C25H24ClN3O4/c1-3-27-16-8-5-4-7-15(16)25(24(27)32)21-20(17-9-6-12-28(17)25)22(30)29(23(21)31)18-13-14(26)10-11-19(18)33-2/h4-5,7-8,10-11,13,17,20-21H,3,6,9,12H2,1-2H3/t17-,20+,21-,25-/m0/s1. The number of hydrogen-bond acceptors (Lipinski definition) is 5. The van der Waals surface area contributed by atoms with Crippen LogP contribution in [0.15, 0.2) is 42.5 Å². The number of likely N-dealkylation sites (N-methyl/N-ethyl adjacent to an activating group) is 1. The number of anilines is 2. The van der Waals surface area contributed by atoms with Gasteiger partial charge in [0.25, 0.3) is 5.91 Å². The maximum absolute atomic E-state index is 14.1. The minimum absolute atomic E-state index is 0.105. The van der Waals surface area contributed by atoms with Gasteiger partial charge in [0.1, 0.15) is 11.3 Å². The molecule has 8 heteroatoms. The molecule has 0 radical (unpaired) electrons. The van der Waals surface area contributed by atoms with Crippen molar-refractivity contribution >= 4 is 40.7 Å². The summed E-state index contributed by atoms with van der Waals surface area (Å²) in [5.74, 6) is -1.72. The molecule has 3 amide bonds. The molecule has 7 nitrogen and oxygen atoms in total. The number of benzene rings is 2. The summed E-state index contributed by atoms with van der Waals surface area (Å²) >= 11 is 6.23. The largest absolute Gasteiger partial charge is 0.495 e. The zero-order chi connectivity index (χ0) is 23.1. The van der Waals surface area contributed by atoms with Crippen molar-refractivity contribution in [2.45, 2.75) is 31.3 Å². The average molecular weight is 466 g/mol. The Morgan fingerprint density at radius 2 is 1.88 bits per heavy atom. The van der Waals surface area contributed by atoms with Crippen molar-refractivity contribution in [3.63, 3.8) is 0 Å². The first-order chi connectivity index (χ1) is 16.0. The Kier molecular flexibility index (Phi) is 4.42. The van der Waals surface area contributed by atoms with Crippen molar-refractivity contribution in [3.05, 3.63) is 53.1 Å². The lowest BCUT2D eigenvalue weighted by Crippen LogP contribution is -2.56. The number of hydrogen-bond donors (Lipinski definition) is 0. The summed E-state index contributed by atoms with van der Waals surface area (Å²) in [6, 6.07) is 12.4. The highest BCUT2D eigenvalue weighted by molar-refractivity contribution is 6.32. The summed E-state index contributed by atoms with van der Waals surface area (Å²) in [5.41, 5.74) is 0.832. The highest BCUT2D eigenvalue weighted by Crippen LogP contribution is 2.62. The van der Waals surface area contributed by atoms with Gasteiger partial charge in [0.05, 0.1) is 24.6 Å². The molecule has 0 bridgehead atoms. The van der Waals surface area contributed by atoms with Crippen LogP contribution in [-0.2, 0) is 19.9 Å². The predicted octanol–water partition coefficient (Wildman–Crippen LogP) is 3.19. The van der Waals surface area contributed by atoms with E-state index in [1.807, 2.05) is 31.2 Å². The van der Waals surface area contributed by atoms with E-state index in [1.165, 1.54) is 12.0 Å². The number of carbonyl (C=O) groups excluding carboxylic acids is 3. The fraction of sp³-hybridized carbons (Fsp3) is 0.400. The van der Waals surface area contributed by atoms with Gasteiger partial charge < -0.3 is 9.64 Å². The van der Waals surface area contributed by atoms with E-state index >= 15 is 0 Å². The molecule has 1 spiro atoms. The molecule has 0 N–H and O–H groups in total. The zero-order valence-electron chi connectivity index (χ0n) is 18.5. The minimum atomic E-state index is -1.16. The number of rotatable bonds is 3. The minimum Gasteiger partial charge on any atom is -0.495 e. The first-order valence-electron chi connectivity index (χ1n) is 11.4. The van der Waals surface area contributed by atoms with Gasteiger partial charge in [-0.25, -0.2) is 4.90 Å². The second-order valence-electron chi connectivity index (χ2n) is 9.07. The quantitative estimate of drug-likeness (QED) is 0.651. The highest BCUT2D eigenvalue weighted by atomic mass is 35.5. The fourth-order valence-corrected chi connectivity index (χ4v) is 6.90. The van der Waals surface area contributed by atoms with Crippen molar-refractivity contribution < 1.29 is 19.1 Å². The molecule has 170 valence electrons. The summed E-state index contributed by atoms with van der Waals surface area (Å²) < 4.78 is 5.46. The average Bonchev–Trinajstić information content (AvgIpc) is 3.51. The van der Waals surface area contributed by atoms with Crippen molar-refractivity contribution in [1.29, 1.82) is 0 Å². The number of halogens is 1. The van der Waals surface area contributed by atoms with E-state index in [-0.39, 0.29) is 23.8 Å². The van der Waals surface area contributed by atoms with E-state index in [4.69, 9.17) is 16.3 Å². The maximum atomic E-state index is 14.1. The van der Waals surface area contributed by atoms with Crippen molar-refractivity contribution in [1.82, 2.24) is 4.90 Å². The number of methoxy groups -OCH3 is 1. The molecule has 3 saturated heterocycles. The third kappa shape index (κ3) is 2.36. The van der Waals surface area contributed by atoms with Crippen LogP contribution in [-0.4, -0.2) is 48.9 Å². The molecule has 33 heavy (non-hydrogen) atoms. The number of para-hydroxylation sites is 1. The molecule has 0 aliphatic carbocycles. The van der Waals surface area contributed by atoms with Crippen LogP contribution in [0.5, 0.6) is 5.75 Å². The van der Waals surface area contributed by atoms with Crippen molar-refractivity contribution in [3.8, 4) is 5.75 Å². The topological polar surface area (TPSA) is 70.2 Å². The monoisotopic (exact) mass is 465 g/mol. The third-order valence-electron chi connectivity index (χ3n) is 7.84. The molecular formula is C25H24ClN3O4. The van der Waals surface area contributed by atoms with Gasteiger partial charge >= 0.3 is 0 Å². The molecule has 3 fully saturated rings. The predicted molar refractivity (Wildman–Crippen MR) is 123 cm³/mol. The van der Waals surface area contributed by atoms with Gasteiger partial charge in [-0.3, -0.25) is 19.3 Å². The molecule has 6 rings (SSSR count). The molecule has 4 aliphatic heterocycles. The van der Waals surface area contributed by atoms with E-state index in [2.05, 4.69) is 4.90 Å². The Morgan fingerprint density at radius 1 is 1.09 bits per heavy atom. The molecule has 4 heterocycles. The lowest BCUT2D eigenvalue weighted by atomic mass is 9.75. The smallest absolute Gasteiger partial charge is 0.253 e. The third-order valence-corrected chi connectivity index (χ3v) is 8.08. The van der Waals surface area contributed by atoms with Crippen molar-refractivity contribution in [2.24, 2.45) is 11.8 Å². The van der Waals surface area contributed by atoms with Gasteiger partial charge in [-0.2, -0.15) is 0 Å². The molecule has 0 aromatic heterocycles. The van der Waals surface area contributed by atoms with Crippen LogP contribution in [0.2, 0.25) is 5.02 Å². The Bertz CT molecular complexity index is 1220. The molecule has 0 unspecified atom stereocenters. The SMILES string of the molecule is CCN1C(=O)[C@]2(c3ccccc31)[C@@H]1C(=O)N(c3cc(Cl)ccc3OC)C(=O)[C@@H]1[C@@H]1CCCN12. The second kappa shape index (κ2) is 7.05. The number of ether oxygens (including phenoxy) is 1. The lowest BCUT2D eigenvalue weighted by Gasteiger charge is -2.37. The van der Waals surface area contributed by atoms with E-state index in [1.54, 1.807) is 23.1 Å². The van der Waals surface area contributed by atoms with E-state index in [9.17, 15) is 14.4 Å². The number of nitrogens with zero attached hydrogens (tertiary/aromatic N) is 3. The summed E-state index contributed by atoms with van der Waals surface area (Å²) in [6.45, 7) is 3.13. The van der Waals surface area contributed by atoms with Crippen LogP contribution in [0.25, 0.3) is 0 Å². The molecule has 4 aliphatic rings. The van der Waals surface area contributed by atoms with Crippen LogP contribution in [0, 0.1) is 11.8 Å². The first kappa shape index (κ1) is 20.7. The summed E-state index contributed by atoms with van der Waals surface area (Å²) in [6.07, 6.45) is 1.67. The van der Waals surface area contributed by atoms with Crippen LogP contribution < -0.4 is 14.5 Å². The summed E-state index contributed by atoms with van der Waals surface area (Å²) in [7, 11) is 1.49. The molecule has 0 saturated carbocycles. The number of carbonyl (C=O) groups is 3. The van der Waals surface area contributed by atoms with Crippen LogP contribution in [0.1, 0.15) is 25.3 Å². The number of imide groups is 1. The van der Waals surface area contributed by atoms with E-state index in [0.717, 1.165) is 24.1 Å². The summed E-state index contributed by atoms with van der Waals surface area (Å²) in [4.78, 5) is 47.3. The van der Waals surface area contributed by atoms with E-state index in [0.29, 0.717) is 29.5 Å². The number of fused-ring (bicyclic) bond motifs is 7. The van der Waals surface area contributed by atoms with Crippen LogP contribution >= 0.6 is 11.6 Å². The second-order valence-corrected chi connectivity index (χ2v) is 9.50. The van der Waals surface area contributed by atoms with Gasteiger partial charge in [-0.15, -0.1) is 0 Å². The lowest BCUT2D eigenvalue weighted by molar-refractivity contribution is -0.137.